The van der Waals surface area contributed by atoms with E-state index < -0.39 is 0 Å². The standard InChI is InChI=1S/C15H21BrN2/c1-11-8-13(10-14(16)9-11)15(18-17)12-6-4-2-3-5-7-12/h6,8-10,15,18H,2-5,7,17H2,1H3. The smallest absolute Gasteiger partial charge is 0.0670 e. The Labute approximate surface area is 118 Å². The third-order valence-corrected chi connectivity index (χ3v) is 3.97. The van der Waals surface area contributed by atoms with E-state index in [4.69, 9.17) is 5.84 Å². The van der Waals surface area contributed by atoms with E-state index in [1.165, 1.54) is 42.4 Å². The molecule has 0 aromatic heterocycles. The summed E-state index contributed by atoms with van der Waals surface area (Å²) >= 11 is 3.56. The molecule has 1 atom stereocenters. The van der Waals surface area contributed by atoms with E-state index in [9.17, 15) is 0 Å². The summed E-state index contributed by atoms with van der Waals surface area (Å²) < 4.78 is 1.12. The Balaban J connectivity index is 2.29. The number of hydrogen-bond acceptors (Lipinski definition) is 2. The lowest BCUT2D eigenvalue weighted by atomic mass is 9.95. The lowest BCUT2D eigenvalue weighted by Gasteiger charge is -2.20. The maximum Gasteiger partial charge on any atom is 0.0670 e. The molecule has 0 bridgehead atoms. The number of nitrogens with two attached hydrogens (primary N) is 1. The molecule has 0 saturated heterocycles. The molecule has 0 heterocycles. The third kappa shape index (κ3) is 3.44. The topological polar surface area (TPSA) is 38.0 Å². The highest BCUT2D eigenvalue weighted by atomic mass is 79.9. The summed E-state index contributed by atoms with van der Waals surface area (Å²) in [5.74, 6) is 5.78. The van der Waals surface area contributed by atoms with Gasteiger partial charge in [0.25, 0.3) is 0 Å². The van der Waals surface area contributed by atoms with Gasteiger partial charge in [-0.15, -0.1) is 0 Å². The molecule has 1 aliphatic carbocycles. The summed E-state index contributed by atoms with van der Waals surface area (Å²) in [5, 5.41) is 0. The van der Waals surface area contributed by atoms with Crippen molar-refractivity contribution in [3.63, 3.8) is 0 Å². The second-order valence-corrected chi connectivity index (χ2v) is 5.96. The predicted molar refractivity (Wildman–Crippen MR) is 80.1 cm³/mol. The van der Waals surface area contributed by atoms with Crippen LogP contribution in [0.2, 0.25) is 0 Å². The second kappa shape index (κ2) is 6.50. The summed E-state index contributed by atoms with van der Waals surface area (Å²) in [6, 6.07) is 6.64. The molecule has 0 amide bonds. The van der Waals surface area contributed by atoms with Crippen molar-refractivity contribution in [1.29, 1.82) is 0 Å². The van der Waals surface area contributed by atoms with Crippen molar-refractivity contribution in [3.05, 3.63) is 45.4 Å². The number of hydrogen-bond donors (Lipinski definition) is 2. The van der Waals surface area contributed by atoms with Crippen molar-refractivity contribution in [3.8, 4) is 0 Å². The number of halogens is 1. The Morgan fingerprint density at radius 1 is 1.22 bits per heavy atom. The molecule has 1 aromatic rings. The zero-order valence-electron chi connectivity index (χ0n) is 10.9. The third-order valence-electron chi connectivity index (χ3n) is 3.51. The average Bonchev–Trinajstić information content (AvgIpc) is 2.58. The predicted octanol–water partition coefficient (Wildman–Crippen LogP) is 4.15. The van der Waals surface area contributed by atoms with Gasteiger partial charge in [-0.3, -0.25) is 5.84 Å². The van der Waals surface area contributed by atoms with Crippen molar-refractivity contribution in [2.75, 3.05) is 0 Å². The molecule has 1 aliphatic rings. The quantitative estimate of drug-likeness (QED) is 0.500. The molecule has 0 radical (unpaired) electrons. The van der Waals surface area contributed by atoms with Crippen molar-refractivity contribution in [1.82, 2.24) is 5.43 Å². The van der Waals surface area contributed by atoms with Gasteiger partial charge in [-0.25, -0.2) is 5.43 Å². The number of benzene rings is 1. The van der Waals surface area contributed by atoms with Gasteiger partial charge >= 0.3 is 0 Å². The number of aryl methyl sites for hydroxylation is 1. The van der Waals surface area contributed by atoms with Crippen LogP contribution in [0.15, 0.2) is 34.3 Å². The van der Waals surface area contributed by atoms with Crippen molar-refractivity contribution in [2.24, 2.45) is 5.84 Å². The van der Waals surface area contributed by atoms with Crippen LogP contribution in [-0.4, -0.2) is 0 Å². The minimum Gasteiger partial charge on any atom is -0.271 e. The normalized spacial score (nSPS) is 18.1. The zero-order chi connectivity index (χ0) is 13.0. The highest BCUT2D eigenvalue weighted by Gasteiger charge is 2.16. The van der Waals surface area contributed by atoms with Crippen molar-refractivity contribution in [2.45, 2.75) is 45.1 Å². The van der Waals surface area contributed by atoms with Gasteiger partial charge in [-0.1, -0.05) is 40.1 Å². The summed E-state index contributed by atoms with van der Waals surface area (Å²) in [6.07, 6.45) is 8.61. The molecule has 1 unspecified atom stereocenters. The van der Waals surface area contributed by atoms with Gasteiger partial charge in [-0.05, 0) is 55.9 Å². The Morgan fingerprint density at radius 3 is 2.78 bits per heavy atom. The highest BCUT2D eigenvalue weighted by molar-refractivity contribution is 9.10. The maximum atomic E-state index is 5.78. The molecule has 18 heavy (non-hydrogen) atoms. The van der Waals surface area contributed by atoms with Crippen LogP contribution in [-0.2, 0) is 0 Å². The first-order chi connectivity index (χ1) is 8.70. The van der Waals surface area contributed by atoms with Crippen LogP contribution in [0.3, 0.4) is 0 Å². The number of allylic oxidation sites excluding steroid dienone is 1. The summed E-state index contributed by atoms with van der Waals surface area (Å²) in [7, 11) is 0. The number of rotatable bonds is 3. The highest BCUT2D eigenvalue weighted by Crippen LogP contribution is 2.30. The molecule has 3 heteroatoms. The van der Waals surface area contributed by atoms with E-state index in [2.05, 4.69) is 52.6 Å². The molecule has 0 spiro atoms. The van der Waals surface area contributed by atoms with Crippen LogP contribution < -0.4 is 11.3 Å². The van der Waals surface area contributed by atoms with E-state index in [-0.39, 0.29) is 6.04 Å². The van der Waals surface area contributed by atoms with Crippen LogP contribution in [0.5, 0.6) is 0 Å². The Kier molecular flexibility index (Phi) is 4.98. The molecule has 2 nitrogen and oxygen atoms in total. The zero-order valence-corrected chi connectivity index (χ0v) is 12.5. The lowest BCUT2D eigenvalue weighted by Crippen LogP contribution is -2.29. The monoisotopic (exact) mass is 308 g/mol. The fourth-order valence-corrected chi connectivity index (χ4v) is 3.28. The van der Waals surface area contributed by atoms with E-state index in [0.29, 0.717) is 0 Å². The van der Waals surface area contributed by atoms with Crippen LogP contribution >= 0.6 is 15.9 Å². The Bertz CT molecular complexity index is 420. The molecule has 0 saturated carbocycles. The second-order valence-electron chi connectivity index (χ2n) is 5.04. The van der Waals surface area contributed by atoms with Gasteiger partial charge in [0, 0.05) is 4.47 Å². The Hall–Kier alpha value is -0.640. The molecule has 3 N–H and O–H groups in total. The van der Waals surface area contributed by atoms with Crippen molar-refractivity contribution < 1.29 is 0 Å². The van der Waals surface area contributed by atoms with Crippen LogP contribution in [0, 0.1) is 6.92 Å². The van der Waals surface area contributed by atoms with Crippen LogP contribution in [0.4, 0.5) is 0 Å². The molecular formula is C15H21BrN2. The minimum absolute atomic E-state index is 0.152. The van der Waals surface area contributed by atoms with Gasteiger partial charge in [-0.2, -0.15) is 0 Å². The van der Waals surface area contributed by atoms with E-state index in [0.717, 1.165) is 10.9 Å². The van der Waals surface area contributed by atoms with E-state index >= 15 is 0 Å². The molecular weight excluding hydrogens is 288 g/mol. The van der Waals surface area contributed by atoms with Gasteiger partial charge < -0.3 is 0 Å². The van der Waals surface area contributed by atoms with E-state index in [1.54, 1.807) is 0 Å². The fraction of sp³-hybridized carbons (Fsp3) is 0.467. The molecule has 0 aliphatic heterocycles. The number of hydrazine groups is 1. The number of nitrogens with one attached hydrogen (secondary N) is 1. The maximum absolute atomic E-state index is 5.78. The van der Waals surface area contributed by atoms with Crippen molar-refractivity contribution >= 4 is 15.9 Å². The minimum atomic E-state index is 0.152. The average molecular weight is 309 g/mol. The van der Waals surface area contributed by atoms with Gasteiger partial charge in [0.15, 0.2) is 0 Å². The van der Waals surface area contributed by atoms with E-state index in [1.807, 2.05) is 0 Å². The Morgan fingerprint density at radius 2 is 2.06 bits per heavy atom. The molecule has 98 valence electrons. The van der Waals surface area contributed by atoms with Gasteiger partial charge in [0.1, 0.15) is 0 Å². The summed E-state index contributed by atoms with van der Waals surface area (Å²) in [5.41, 5.74) is 6.92. The summed E-state index contributed by atoms with van der Waals surface area (Å²) in [6.45, 7) is 2.11. The molecule has 2 rings (SSSR count). The first kappa shape index (κ1) is 13.8. The van der Waals surface area contributed by atoms with Crippen LogP contribution in [0.25, 0.3) is 0 Å². The summed E-state index contributed by atoms with van der Waals surface area (Å²) in [4.78, 5) is 0. The van der Waals surface area contributed by atoms with Gasteiger partial charge in [0.2, 0.25) is 0 Å². The SMILES string of the molecule is Cc1cc(Br)cc(C(NN)C2=CCCCCC2)c1. The van der Waals surface area contributed by atoms with Crippen LogP contribution in [0.1, 0.15) is 49.3 Å². The fourth-order valence-electron chi connectivity index (χ4n) is 2.65. The molecule has 1 aromatic carbocycles. The lowest BCUT2D eigenvalue weighted by molar-refractivity contribution is 0.592. The largest absolute Gasteiger partial charge is 0.271 e. The molecule has 0 fully saturated rings. The first-order valence-electron chi connectivity index (χ1n) is 6.63. The first-order valence-corrected chi connectivity index (χ1v) is 7.42. The van der Waals surface area contributed by atoms with Gasteiger partial charge in [0.05, 0.1) is 6.04 Å².